The van der Waals surface area contributed by atoms with Crippen LogP contribution in [0.2, 0.25) is 0 Å². The molecule has 0 aromatic carbocycles. The molecule has 0 fully saturated rings. The second kappa shape index (κ2) is 4.99. The summed E-state index contributed by atoms with van der Waals surface area (Å²) in [6, 6.07) is 1.82. The van der Waals surface area contributed by atoms with Crippen LogP contribution in [0, 0.1) is 12.7 Å². The standard InChI is InChI=1S/C11H13FN4O2/c1-7-4-8(15-18-7)6-16(2)11-13-5-9(12)10(14-11)17-3/h4-5H,6H2,1-3H3. The van der Waals surface area contributed by atoms with E-state index < -0.39 is 5.82 Å². The molecule has 0 saturated carbocycles. The van der Waals surface area contributed by atoms with E-state index in [1.807, 2.05) is 13.0 Å². The molecular formula is C11H13FN4O2. The molecule has 2 rings (SSSR count). The zero-order chi connectivity index (χ0) is 13.1. The van der Waals surface area contributed by atoms with Crippen LogP contribution in [0.1, 0.15) is 11.5 Å². The van der Waals surface area contributed by atoms with Gasteiger partial charge in [0.25, 0.3) is 5.88 Å². The first kappa shape index (κ1) is 12.3. The van der Waals surface area contributed by atoms with Gasteiger partial charge >= 0.3 is 0 Å². The molecular weight excluding hydrogens is 239 g/mol. The molecule has 0 atom stereocenters. The van der Waals surface area contributed by atoms with Crippen LogP contribution in [0.25, 0.3) is 0 Å². The van der Waals surface area contributed by atoms with Crippen molar-refractivity contribution < 1.29 is 13.7 Å². The van der Waals surface area contributed by atoms with E-state index >= 15 is 0 Å². The van der Waals surface area contributed by atoms with Crippen molar-refractivity contribution in [3.05, 3.63) is 29.5 Å². The van der Waals surface area contributed by atoms with Gasteiger partial charge in [-0.1, -0.05) is 5.16 Å². The first-order valence-corrected chi connectivity index (χ1v) is 5.30. The maximum atomic E-state index is 13.2. The maximum Gasteiger partial charge on any atom is 0.255 e. The van der Waals surface area contributed by atoms with Gasteiger partial charge in [0.05, 0.1) is 19.9 Å². The second-order valence-corrected chi connectivity index (χ2v) is 3.81. The average Bonchev–Trinajstić information content (AvgIpc) is 2.75. The van der Waals surface area contributed by atoms with Gasteiger partial charge in [0.15, 0.2) is 0 Å². The van der Waals surface area contributed by atoms with Gasteiger partial charge in [-0.2, -0.15) is 9.37 Å². The number of hydrogen-bond acceptors (Lipinski definition) is 6. The first-order valence-electron chi connectivity index (χ1n) is 5.30. The third kappa shape index (κ3) is 2.55. The number of ether oxygens (including phenoxy) is 1. The zero-order valence-electron chi connectivity index (χ0n) is 10.3. The van der Waals surface area contributed by atoms with E-state index in [1.54, 1.807) is 11.9 Å². The van der Waals surface area contributed by atoms with Crippen molar-refractivity contribution >= 4 is 5.95 Å². The molecule has 7 heteroatoms. The minimum absolute atomic E-state index is 0.0804. The van der Waals surface area contributed by atoms with Crippen molar-refractivity contribution in [3.8, 4) is 5.88 Å². The van der Waals surface area contributed by atoms with Crippen molar-refractivity contribution in [3.63, 3.8) is 0 Å². The summed E-state index contributed by atoms with van der Waals surface area (Å²) in [5.74, 6) is 0.417. The lowest BCUT2D eigenvalue weighted by atomic mass is 10.3. The van der Waals surface area contributed by atoms with Gasteiger partial charge in [0.1, 0.15) is 11.5 Å². The molecule has 0 aliphatic rings. The maximum absolute atomic E-state index is 13.2. The van der Waals surface area contributed by atoms with E-state index in [-0.39, 0.29) is 5.88 Å². The van der Waals surface area contributed by atoms with E-state index in [4.69, 9.17) is 9.26 Å². The molecule has 0 unspecified atom stereocenters. The molecule has 0 aliphatic carbocycles. The number of methoxy groups -OCH3 is 1. The number of halogens is 1. The molecule has 0 amide bonds. The Morgan fingerprint density at radius 1 is 1.50 bits per heavy atom. The smallest absolute Gasteiger partial charge is 0.255 e. The van der Waals surface area contributed by atoms with Crippen LogP contribution in [0.4, 0.5) is 10.3 Å². The normalized spacial score (nSPS) is 10.4. The Morgan fingerprint density at radius 3 is 2.89 bits per heavy atom. The SMILES string of the molecule is COc1nc(N(C)Cc2cc(C)on2)ncc1F. The van der Waals surface area contributed by atoms with Crippen molar-refractivity contribution in [1.29, 1.82) is 0 Å². The van der Waals surface area contributed by atoms with E-state index in [0.717, 1.165) is 17.7 Å². The number of rotatable bonds is 4. The highest BCUT2D eigenvalue weighted by Gasteiger charge is 2.12. The van der Waals surface area contributed by atoms with Gasteiger partial charge < -0.3 is 14.2 Å². The fourth-order valence-corrected chi connectivity index (χ4v) is 1.48. The second-order valence-electron chi connectivity index (χ2n) is 3.81. The lowest BCUT2D eigenvalue weighted by Crippen LogP contribution is -2.19. The van der Waals surface area contributed by atoms with Crippen LogP contribution in [-0.2, 0) is 6.54 Å². The quantitative estimate of drug-likeness (QED) is 0.822. The molecule has 2 aromatic rings. The van der Waals surface area contributed by atoms with Crippen LogP contribution in [0.15, 0.2) is 16.8 Å². The monoisotopic (exact) mass is 252 g/mol. The lowest BCUT2D eigenvalue weighted by Gasteiger charge is -2.15. The summed E-state index contributed by atoms with van der Waals surface area (Å²) in [7, 11) is 3.13. The van der Waals surface area contributed by atoms with Crippen LogP contribution in [0.3, 0.4) is 0 Å². The number of aromatic nitrogens is 3. The van der Waals surface area contributed by atoms with Gasteiger partial charge in [-0.05, 0) is 6.92 Å². The Morgan fingerprint density at radius 2 is 2.28 bits per heavy atom. The predicted octanol–water partition coefficient (Wildman–Crippen LogP) is 1.56. The Kier molecular flexibility index (Phi) is 3.40. The highest BCUT2D eigenvalue weighted by Crippen LogP contribution is 2.17. The van der Waals surface area contributed by atoms with Crippen molar-refractivity contribution in [2.75, 3.05) is 19.1 Å². The molecule has 18 heavy (non-hydrogen) atoms. The molecule has 6 nitrogen and oxygen atoms in total. The zero-order valence-corrected chi connectivity index (χ0v) is 10.3. The molecule has 0 aliphatic heterocycles. The average molecular weight is 252 g/mol. The van der Waals surface area contributed by atoms with Crippen LogP contribution >= 0.6 is 0 Å². The molecule has 0 N–H and O–H groups in total. The summed E-state index contributed by atoms with van der Waals surface area (Å²) >= 11 is 0. The number of hydrogen-bond donors (Lipinski definition) is 0. The Bertz CT molecular complexity index is 544. The van der Waals surface area contributed by atoms with E-state index in [1.165, 1.54) is 7.11 Å². The van der Waals surface area contributed by atoms with E-state index in [0.29, 0.717) is 12.5 Å². The van der Waals surface area contributed by atoms with Gasteiger partial charge in [0.2, 0.25) is 11.8 Å². The minimum Gasteiger partial charge on any atom is -0.479 e. The molecule has 96 valence electrons. The summed E-state index contributed by atoms with van der Waals surface area (Å²) in [5, 5.41) is 3.86. The van der Waals surface area contributed by atoms with Gasteiger partial charge in [-0.25, -0.2) is 4.98 Å². The van der Waals surface area contributed by atoms with Gasteiger partial charge in [0, 0.05) is 13.1 Å². The van der Waals surface area contributed by atoms with Crippen molar-refractivity contribution in [1.82, 2.24) is 15.1 Å². The summed E-state index contributed by atoms with van der Waals surface area (Å²) < 4.78 is 22.9. The highest BCUT2D eigenvalue weighted by molar-refractivity contribution is 5.32. The third-order valence-corrected chi connectivity index (χ3v) is 2.31. The van der Waals surface area contributed by atoms with Crippen LogP contribution < -0.4 is 9.64 Å². The molecule has 0 saturated heterocycles. The Hall–Kier alpha value is -2.18. The summed E-state index contributed by atoms with van der Waals surface area (Å²) in [6.45, 7) is 2.28. The molecule has 2 aromatic heterocycles. The number of nitrogens with zero attached hydrogens (tertiary/aromatic N) is 4. The van der Waals surface area contributed by atoms with Gasteiger partial charge in [-0.15, -0.1) is 0 Å². The molecule has 0 bridgehead atoms. The van der Waals surface area contributed by atoms with Crippen LogP contribution in [-0.4, -0.2) is 29.3 Å². The number of aryl methyl sites for hydroxylation is 1. The highest BCUT2D eigenvalue weighted by atomic mass is 19.1. The summed E-state index contributed by atoms with van der Waals surface area (Å²) in [6.07, 6.45) is 1.08. The topological polar surface area (TPSA) is 64.3 Å². The fourth-order valence-electron chi connectivity index (χ4n) is 1.48. The molecule has 0 spiro atoms. The first-order chi connectivity index (χ1) is 8.60. The van der Waals surface area contributed by atoms with Crippen molar-refractivity contribution in [2.45, 2.75) is 13.5 Å². The Labute approximate surface area is 103 Å². The summed E-state index contributed by atoms with van der Waals surface area (Å²) in [5.41, 5.74) is 0.752. The van der Waals surface area contributed by atoms with Crippen molar-refractivity contribution in [2.24, 2.45) is 0 Å². The largest absolute Gasteiger partial charge is 0.479 e. The Balaban J connectivity index is 2.15. The van der Waals surface area contributed by atoms with E-state index in [2.05, 4.69) is 15.1 Å². The number of anilines is 1. The van der Waals surface area contributed by atoms with Gasteiger partial charge in [-0.3, -0.25) is 0 Å². The predicted molar refractivity (Wildman–Crippen MR) is 61.9 cm³/mol. The minimum atomic E-state index is -0.591. The summed E-state index contributed by atoms with van der Waals surface area (Å²) in [4.78, 5) is 9.57. The molecule has 2 heterocycles. The molecule has 0 radical (unpaired) electrons. The third-order valence-electron chi connectivity index (χ3n) is 2.31. The van der Waals surface area contributed by atoms with Crippen LogP contribution in [0.5, 0.6) is 5.88 Å². The lowest BCUT2D eigenvalue weighted by molar-refractivity contribution is 0.367. The van der Waals surface area contributed by atoms with E-state index in [9.17, 15) is 4.39 Å². The fraction of sp³-hybridized carbons (Fsp3) is 0.364.